The van der Waals surface area contributed by atoms with E-state index in [0.717, 1.165) is 28.4 Å². The molecule has 0 aromatic heterocycles. The molecule has 1 aliphatic carbocycles. The lowest BCUT2D eigenvalue weighted by Crippen LogP contribution is -2.30. The van der Waals surface area contributed by atoms with Crippen molar-refractivity contribution in [2.75, 3.05) is 6.54 Å². The fourth-order valence-electron chi connectivity index (χ4n) is 3.36. The summed E-state index contributed by atoms with van der Waals surface area (Å²) in [5, 5.41) is 5.33. The second-order valence-electron chi connectivity index (χ2n) is 6.20. The van der Waals surface area contributed by atoms with Crippen molar-refractivity contribution in [2.45, 2.75) is 32.1 Å². The number of rotatable bonds is 4. The first-order valence-corrected chi connectivity index (χ1v) is 8.21. The Morgan fingerprint density at radius 1 is 1.18 bits per heavy atom. The molecule has 0 bridgehead atoms. The van der Waals surface area contributed by atoms with Gasteiger partial charge in [0.15, 0.2) is 0 Å². The normalized spacial score (nSPS) is 15.6. The topological polar surface area (TPSA) is 29.1 Å². The summed E-state index contributed by atoms with van der Waals surface area (Å²) in [6.07, 6.45) is 8.31. The number of nitrogens with one attached hydrogen (secondary N) is 1. The molecule has 1 aliphatic rings. The molecule has 0 aliphatic heterocycles. The van der Waals surface area contributed by atoms with E-state index in [1.165, 1.54) is 32.1 Å². The van der Waals surface area contributed by atoms with Crippen molar-refractivity contribution in [1.82, 2.24) is 5.32 Å². The number of fused-ring (bicyclic) bond motifs is 1. The molecule has 22 heavy (non-hydrogen) atoms. The molecule has 2 nitrogen and oxygen atoms in total. The highest BCUT2D eigenvalue weighted by Crippen LogP contribution is 2.23. The summed E-state index contributed by atoms with van der Waals surface area (Å²) in [5.74, 6) is 0.696. The van der Waals surface area contributed by atoms with E-state index >= 15 is 0 Å². The summed E-state index contributed by atoms with van der Waals surface area (Å²) in [7, 11) is 0. The Morgan fingerprint density at radius 2 is 2.00 bits per heavy atom. The summed E-state index contributed by atoms with van der Waals surface area (Å²) in [6.45, 7) is 4.65. The van der Waals surface area contributed by atoms with Gasteiger partial charge in [-0.3, -0.25) is 4.79 Å². The first-order valence-electron chi connectivity index (χ1n) is 8.21. The molecule has 1 fully saturated rings. The lowest BCUT2D eigenvalue weighted by molar-refractivity contribution is 0.0943. The largest absolute Gasteiger partial charge is 0.352 e. The van der Waals surface area contributed by atoms with Crippen molar-refractivity contribution < 1.29 is 4.79 Å². The molecule has 0 saturated heterocycles. The molecule has 1 saturated carbocycles. The van der Waals surface area contributed by atoms with Crippen molar-refractivity contribution in [3.63, 3.8) is 0 Å². The molecule has 2 aromatic rings. The molecule has 0 heterocycles. The number of hydrogen-bond acceptors (Lipinski definition) is 1. The Hall–Kier alpha value is -2.09. The smallest absolute Gasteiger partial charge is 0.251 e. The average molecular weight is 293 g/mol. The summed E-state index contributed by atoms with van der Waals surface area (Å²) < 4.78 is 0. The van der Waals surface area contributed by atoms with Gasteiger partial charge < -0.3 is 5.32 Å². The molecule has 0 unspecified atom stereocenters. The Balaban J connectivity index is 1.72. The second-order valence-corrected chi connectivity index (χ2v) is 6.20. The fraction of sp³-hybridized carbons (Fsp3) is 0.350. The average Bonchev–Trinajstić information content (AvgIpc) is 2.59. The van der Waals surface area contributed by atoms with E-state index in [0.29, 0.717) is 5.92 Å². The van der Waals surface area contributed by atoms with Crippen LogP contribution < -0.4 is 5.32 Å². The van der Waals surface area contributed by atoms with Crippen molar-refractivity contribution in [3.05, 3.63) is 54.1 Å². The van der Waals surface area contributed by atoms with Crippen LogP contribution in [0.4, 0.5) is 0 Å². The molecular weight excluding hydrogens is 270 g/mol. The fourth-order valence-corrected chi connectivity index (χ4v) is 3.36. The first kappa shape index (κ1) is 14.8. The van der Waals surface area contributed by atoms with Crippen LogP contribution in [-0.4, -0.2) is 12.5 Å². The highest BCUT2D eigenvalue weighted by molar-refractivity contribution is 6.00. The molecule has 0 spiro atoms. The monoisotopic (exact) mass is 293 g/mol. The zero-order valence-corrected chi connectivity index (χ0v) is 13.0. The highest BCUT2D eigenvalue weighted by Gasteiger charge is 2.15. The molecular formula is C20H23NO. The van der Waals surface area contributed by atoms with E-state index in [1.807, 2.05) is 42.5 Å². The van der Waals surface area contributed by atoms with Gasteiger partial charge in [0.2, 0.25) is 0 Å². The van der Waals surface area contributed by atoms with Crippen molar-refractivity contribution in [1.29, 1.82) is 0 Å². The maximum Gasteiger partial charge on any atom is 0.251 e. The Bertz CT molecular complexity index is 683. The van der Waals surface area contributed by atoms with Gasteiger partial charge >= 0.3 is 0 Å². The van der Waals surface area contributed by atoms with Crippen LogP contribution in [0.1, 0.15) is 48.0 Å². The van der Waals surface area contributed by atoms with E-state index in [2.05, 4.69) is 11.9 Å². The van der Waals surface area contributed by atoms with Gasteiger partial charge in [0.1, 0.15) is 0 Å². The van der Waals surface area contributed by atoms with Crippen molar-refractivity contribution in [2.24, 2.45) is 5.92 Å². The number of amides is 1. The second kappa shape index (κ2) is 6.78. The lowest BCUT2D eigenvalue weighted by Gasteiger charge is -2.21. The van der Waals surface area contributed by atoms with E-state index in [1.54, 1.807) is 0 Å². The number of hydrogen-bond donors (Lipinski definition) is 1. The Morgan fingerprint density at radius 3 is 2.77 bits per heavy atom. The third-order valence-electron chi connectivity index (χ3n) is 4.67. The standard InChI is InChI=1S/C20H23NO/c1-2-16-9-6-10-17-13-18(11-12-19(16)17)20(22)21-14-15-7-4-3-5-8-15/h2,6,9-13,15H,1,3-5,7-8,14H2,(H,21,22). The number of benzene rings is 2. The zero-order valence-electron chi connectivity index (χ0n) is 13.0. The molecule has 114 valence electrons. The van der Waals surface area contributed by atoms with Crippen LogP contribution in [0.15, 0.2) is 43.0 Å². The van der Waals surface area contributed by atoms with Gasteiger partial charge in [-0.1, -0.05) is 56.2 Å². The van der Waals surface area contributed by atoms with Crippen LogP contribution in [0.5, 0.6) is 0 Å². The minimum atomic E-state index is 0.0384. The Labute approximate surface area is 132 Å². The van der Waals surface area contributed by atoms with Crippen molar-refractivity contribution in [3.8, 4) is 0 Å². The zero-order chi connectivity index (χ0) is 15.4. The van der Waals surface area contributed by atoms with Gasteiger partial charge in [-0.25, -0.2) is 0 Å². The SMILES string of the molecule is C=Cc1cccc2cc(C(=O)NCC3CCCCC3)ccc12. The highest BCUT2D eigenvalue weighted by atomic mass is 16.1. The lowest BCUT2D eigenvalue weighted by atomic mass is 9.89. The van der Waals surface area contributed by atoms with Crippen LogP contribution in [0.2, 0.25) is 0 Å². The van der Waals surface area contributed by atoms with Gasteiger partial charge in [-0.2, -0.15) is 0 Å². The van der Waals surface area contributed by atoms with E-state index in [9.17, 15) is 4.79 Å². The van der Waals surface area contributed by atoms with Gasteiger partial charge in [-0.05, 0) is 47.2 Å². The predicted molar refractivity (Wildman–Crippen MR) is 92.9 cm³/mol. The maximum absolute atomic E-state index is 12.4. The molecule has 2 aromatic carbocycles. The minimum absolute atomic E-state index is 0.0384. The predicted octanol–water partition coefficient (Wildman–Crippen LogP) is 4.79. The molecule has 3 rings (SSSR count). The molecule has 1 N–H and O–H groups in total. The van der Waals surface area contributed by atoms with Crippen LogP contribution in [0.3, 0.4) is 0 Å². The van der Waals surface area contributed by atoms with Crippen LogP contribution in [0.25, 0.3) is 16.8 Å². The molecule has 0 radical (unpaired) electrons. The van der Waals surface area contributed by atoms with Gasteiger partial charge in [0.05, 0.1) is 0 Å². The van der Waals surface area contributed by atoms with Crippen molar-refractivity contribution >= 4 is 22.8 Å². The van der Waals surface area contributed by atoms with E-state index in [-0.39, 0.29) is 5.91 Å². The maximum atomic E-state index is 12.4. The third-order valence-corrected chi connectivity index (χ3v) is 4.67. The van der Waals surface area contributed by atoms with Gasteiger partial charge in [0.25, 0.3) is 5.91 Å². The first-order chi connectivity index (χ1) is 10.8. The molecule has 2 heteroatoms. The van der Waals surface area contributed by atoms with Gasteiger partial charge in [-0.15, -0.1) is 0 Å². The summed E-state index contributed by atoms with van der Waals surface area (Å²) in [6, 6.07) is 12.0. The minimum Gasteiger partial charge on any atom is -0.352 e. The van der Waals surface area contributed by atoms with E-state index in [4.69, 9.17) is 0 Å². The van der Waals surface area contributed by atoms with Crippen LogP contribution in [-0.2, 0) is 0 Å². The van der Waals surface area contributed by atoms with E-state index < -0.39 is 0 Å². The third kappa shape index (κ3) is 3.22. The Kier molecular flexibility index (Phi) is 4.57. The molecule has 0 atom stereocenters. The molecule has 1 amide bonds. The van der Waals surface area contributed by atoms with Gasteiger partial charge in [0, 0.05) is 12.1 Å². The summed E-state index contributed by atoms with van der Waals surface area (Å²) >= 11 is 0. The summed E-state index contributed by atoms with van der Waals surface area (Å²) in [5.41, 5.74) is 1.84. The summed E-state index contributed by atoms with van der Waals surface area (Å²) in [4.78, 5) is 12.4. The quantitative estimate of drug-likeness (QED) is 0.862. The number of carbonyl (C=O) groups excluding carboxylic acids is 1. The number of carbonyl (C=O) groups is 1. The van der Waals surface area contributed by atoms with Crippen LogP contribution in [0, 0.1) is 5.92 Å². The van der Waals surface area contributed by atoms with Crippen LogP contribution >= 0.6 is 0 Å².